The molecule has 0 spiro atoms. The zero-order chi connectivity index (χ0) is 29.7. The molecule has 1 N–H and O–H groups in total. The highest BCUT2D eigenvalue weighted by Crippen LogP contribution is 2.55. The highest BCUT2D eigenvalue weighted by atomic mass is 16.6. The van der Waals surface area contributed by atoms with Crippen LogP contribution in [0.2, 0.25) is 0 Å². The van der Waals surface area contributed by atoms with E-state index in [1.54, 1.807) is 21.3 Å². The minimum absolute atomic E-state index is 0.0780. The molecule has 2 aliphatic carbocycles. The minimum atomic E-state index is -0.250. The number of fused-ring (bicyclic) bond motifs is 9. The van der Waals surface area contributed by atoms with Crippen molar-refractivity contribution < 1.29 is 28.8 Å². The molecular weight excluding hydrogens is 528 g/mol. The van der Waals surface area contributed by atoms with Gasteiger partial charge < -0.3 is 28.8 Å². The van der Waals surface area contributed by atoms with Crippen LogP contribution in [0.3, 0.4) is 0 Å². The van der Waals surface area contributed by atoms with Crippen LogP contribution in [-0.4, -0.2) is 44.7 Å². The summed E-state index contributed by atoms with van der Waals surface area (Å²) in [7, 11) is 5.15. The molecule has 4 aromatic rings. The summed E-state index contributed by atoms with van der Waals surface area (Å²) >= 11 is 0. The van der Waals surface area contributed by atoms with Crippen LogP contribution in [0, 0.1) is 13.8 Å². The van der Waals surface area contributed by atoms with E-state index < -0.39 is 0 Å². The molecule has 6 heteroatoms. The van der Waals surface area contributed by atoms with E-state index in [9.17, 15) is 5.11 Å². The summed E-state index contributed by atoms with van der Waals surface area (Å²) in [6.45, 7) is 10.8. The molecule has 0 aromatic heterocycles. The normalized spacial score (nSPS) is 25.8. The molecule has 1 fully saturated rings. The molecule has 3 aliphatic rings. The van der Waals surface area contributed by atoms with Crippen molar-refractivity contribution in [3.63, 3.8) is 0 Å². The third-order valence-electron chi connectivity index (χ3n) is 10.1. The molecule has 7 rings (SSSR count). The fraction of sp³-hybridized carbons (Fsp3) is 0.444. The lowest BCUT2D eigenvalue weighted by Crippen LogP contribution is -2.53. The quantitative estimate of drug-likeness (QED) is 0.275. The number of aromatic hydroxyl groups is 1. The summed E-state index contributed by atoms with van der Waals surface area (Å²) in [5, 5.41) is 15.2. The molecule has 5 atom stereocenters. The highest BCUT2D eigenvalue weighted by Gasteiger charge is 2.51. The summed E-state index contributed by atoms with van der Waals surface area (Å²) in [5.41, 5.74) is 6.59. The minimum Gasteiger partial charge on any atom is -0.507 e. The number of phenols is 1. The SMILES string of the molecule is COc1cc2c3c(cc(OC)c2cc1C)C(C)C1OC2CC(C)(C)c4cc(O)c5cc(C)c(OC)cc5c4C2OC1C3. The summed E-state index contributed by atoms with van der Waals surface area (Å²) in [4.78, 5) is 0. The van der Waals surface area contributed by atoms with Gasteiger partial charge in [-0.2, -0.15) is 0 Å². The van der Waals surface area contributed by atoms with Gasteiger partial charge in [0.05, 0.1) is 39.6 Å². The molecule has 5 unspecified atom stereocenters. The van der Waals surface area contributed by atoms with Gasteiger partial charge in [-0.1, -0.05) is 20.8 Å². The fourth-order valence-electron chi connectivity index (χ4n) is 7.99. The van der Waals surface area contributed by atoms with Crippen LogP contribution < -0.4 is 14.2 Å². The number of aryl methyl sites for hydroxylation is 2. The molecule has 6 nitrogen and oxygen atoms in total. The van der Waals surface area contributed by atoms with Gasteiger partial charge in [-0.15, -0.1) is 0 Å². The van der Waals surface area contributed by atoms with Gasteiger partial charge in [0.1, 0.15) is 29.1 Å². The van der Waals surface area contributed by atoms with Crippen molar-refractivity contribution in [2.24, 2.45) is 0 Å². The first-order valence-corrected chi connectivity index (χ1v) is 14.9. The van der Waals surface area contributed by atoms with Crippen molar-refractivity contribution >= 4 is 21.5 Å². The molecule has 1 saturated heterocycles. The maximum absolute atomic E-state index is 11.1. The third kappa shape index (κ3) is 3.84. The van der Waals surface area contributed by atoms with Crippen molar-refractivity contribution in [3.8, 4) is 23.0 Å². The molecule has 1 aliphatic heterocycles. The largest absolute Gasteiger partial charge is 0.507 e. The summed E-state index contributed by atoms with van der Waals surface area (Å²) in [6.07, 6.45) is 0.979. The lowest BCUT2D eigenvalue weighted by atomic mass is 9.68. The molecule has 4 aromatic carbocycles. The zero-order valence-electron chi connectivity index (χ0n) is 25.8. The first kappa shape index (κ1) is 27.4. The maximum atomic E-state index is 11.1. The molecule has 0 radical (unpaired) electrons. The van der Waals surface area contributed by atoms with Crippen molar-refractivity contribution in [2.75, 3.05) is 21.3 Å². The van der Waals surface area contributed by atoms with Crippen LogP contribution in [0.4, 0.5) is 0 Å². The number of hydrogen-bond acceptors (Lipinski definition) is 6. The van der Waals surface area contributed by atoms with Crippen molar-refractivity contribution in [1.29, 1.82) is 0 Å². The van der Waals surface area contributed by atoms with E-state index in [-0.39, 0.29) is 35.7 Å². The second-order valence-corrected chi connectivity index (χ2v) is 13.1. The Hall–Kier alpha value is -3.48. The van der Waals surface area contributed by atoms with E-state index in [4.69, 9.17) is 23.7 Å². The van der Waals surface area contributed by atoms with Crippen molar-refractivity contribution in [1.82, 2.24) is 0 Å². The predicted octanol–water partition coefficient (Wildman–Crippen LogP) is 7.58. The lowest BCUT2D eigenvalue weighted by Gasteiger charge is -2.52. The number of ether oxygens (including phenoxy) is 5. The number of benzene rings is 4. The Morgan fingerprint density at radius 3 is 2.07 bits per heavy atom. The smallest absolute Gasteiger partial charge is 0.127 e. The van der Waals surface area contributed by atoms with Crippen LogP contribution in [0.15, 0.2) is 36.4 Å². The number of rotatable bonds is 3. The fourth-order valence-corrected chi connectivity index (χ4v) is 7.99. The first-order chi connectivity index (χ1) is 20.1. The second kappa shape index (κ2) is 9.51. The predicted molar refractivity (Wildman–Crippen MR) is 165 cm³/mol. The van der Waals surface area contributed by atoms with Gasteiger partial charge in [-0.05, 0) is 106 Å². The van der Waals surface area contributed by atoms with Crippen LogP contribution in [0.25, 0.3) is 21.5 Å². The Bertz CT molecular complexity index is 1750. The Balaban J connectivity index is 1.39. The van der Waals surface area contributed by atoms with E-state index in [2.05, 4.69) is 52.0 Å². The van der Waals surface area contributed by atoms with Gasteiger partial charge in [-0.3, -0.25) is 0 Å². The molecule has 220 valence electrons. The van der Waals surface area contributed by atoms with Gasteiger partial charge in [0.25, 0.3) is 0 Å². The lowest BCUT2D eigenvalue weighted by molar-refractivity contribution is -0.238. The van der Waals surface area contributed by atoms with Gasteiger partial charge in [-0.25, -0.2) is 0 Å². The number of methoxy groups -OCH3 is 3. The Kier molecular flexibility index (Phi) is 6.20. The van der Waals surface area contributed by atoms with Gasteiger partial charge >= 0.3 is 0 Å². The second-order valence-electron chi connectivity index (χ2n) is 13.1. The van der Waals surface area contributed by atoms with Crippen LogP contribution in [0.5, 0.6) is 23.0 Å². The average Bonchev–Trinajstić information content (AvgIpc) is 2.96. The van der Waals surface area contributed by atoms with Crippen LogP contribution in [0.1, 0.15) is 72.6 Å². The standard InChI is InChI=1S/C36H40O6/c1-17-9-23-25(14-29(17)39-7)33-26(15-27(23)37)36(4,5)16-32-35(33)41-31-13-21-20(19(3)34(31)42-32)11-30(40-8)24-10-18(2)28(38-6)12-22(21)24/h9-12,14-15,19,31-32,34-35,37H,13,16H2,1-8H3. The third-order valence-corrected chi connectivity index (χ3v) is 10.1. The molecule has 0 saturated carbocycles. The molecule has 1 heterocycles. The highest BCUT2D eigenvalue weighted by molar-refractivity contribution is 5.95. The maximum Gasteiger partial charge on any atom is 0.127 e. The Morgan fingerprint density at radius 2 is 1.40 bits per heavy atom. The van der Waals surface area contributed by atoms with Gasteiger partial charge in [0.15, 0.2) is 0 Å². The summed E-state index contributed by atoms with van der Waals surface area (Å²) in [5.74, 6) is 2.95. The van der Waals surface area contributed by atoms with E-state index in [0.717, 1.165) is 73.9 Å². The Morgan fingerprint density at radius 1 is 0.762 bits per heavy atom. The summed E-state index contributed by atoms with van der Waals surface area (Å²) < 4.78 is 31.6. The van der Waals surface area contributed by atoms with E-state index >= 15 is 0 Å². The van der Waals surface area contributed by atoms with Crippen LogP contribution >= 0.6 is 0 Å². The molecule has 0 amide bonds. The summed E-state index contributed by atoms with van der Waals surface area (Å²) in [6, 6.07) is 12.5. The van der Waals surface area contributed by atoms with E-state index in [0.29, 0.717) is 5.75 Å². The average molecular weight is 569 g/mol. The molecule has 42 heavy (non-hydrogen) atoms. The monoisotopic (exact) mass is 568 g/mol. The molecule has 0 bridgehead atoms. The van der Waals surface area contributed by atoms with E-state index in [1.165, 1.54) is 11.1 Å². The van der Waals surface area contributed by atoms with Crippen molar-refractivity contribution in [2.45, 2.75) is 83.2 Å². The zero-order valence-corrected chi connectivity index (χ0v) is 25.8. The Labute approximate surface area is 247 Å². The number of hydrogen-bond donors (Lipinski definition) is 1. The molecular formula is C36H40O6. The van der Waals surface area contributed by atoms with Crippen LogP contribution in [-0.2, 0) is 21.3 Å². The van der Waals surface area contributed by atoms with Crippen molar-refractivity contribution in [3.05, 3.63) is 69.8 Å². The van der Waals surface area contributed by atoms with Gasteiger partial charge in [0.2, 0.25) is 0 Å². The first-order valence-electron chi connectivity index (χ1n) is 14.9. The number of phenolic OH excluding ortho intramolecular Hbond substituents is 1. The van der Waals surface area contributed by atoms with E-state index in [1.807, 2.05) is 19.1 Å². The van der Waals surface area contributed by atoms with Gasteiger partial charge in [0, 0.05) is 23.1 Å². The topological polar surface area (TPSA) is 66.4 Å².